The molecule has 0 saturated carbocycles. The van der Waals surface area contributed by atoms with Crippen LogP contribution < -0.4 is 4.90 Å². The van der Waals surface area contributed by atoms with Crippen molar-refractivity contribution in [1.82, 2.24) is 9.29 Å². The van der Waals surface area contributed by atoms with Crippen molar-refractivity contribution in [2.45, 2.75) is 24.7 Å². The molecule has 0 N–H and O–H groups in total. The van der Waals surface area contributed by atoms with Gasteiger partial charge in [0.25, 0.3) is 0 Å². The number of hydrogen-bond acceptors (Lipinski definition) is 5. The molecule has 1 aliphatic heterocycles. The summed E-state index contributed by atoms with van der Waals surface area (Å²) in [5, 5.41) is 1.14. The molecule has 1 aliphatic rings. The van der Waals surface area contributed by atoms with Crippen LogP contribution in [0.25, 0.3) is 10.2 Å². The minimum Gasteiger partial charge on any atom is -0.288 e. The number of carbonyl (C=O) groups excluding carboxylic acids is 1. The Labute approximate surface area is 185 Å². The average molecular weight is 464 g/mol. The van der Waals surface area contributed by atoms with E-state index in [1.54, 1.807) is 17.0 Å². The molecule has 9 heteroatoms. The second-order valence-corrected chi connectivity index (χ2v) is 10.6. The number of thiazole rings is 1. The van der Waals surface area contributed by atoms with E-state index < -0.39 is 15.9 Å². The molecule has 0 bridgehead atoms. The number of fused-ring (bicyclic) bond motifs is 1. The van der Waals surface area contributed by atoms with Gasteiger partial charge in [-0.2, -0.15) is 4.31 Å². The minimum absolute atomic E-state index is 0.0763. The zero-order valence-corrected chi connectivity index (χ0v) is 18.9. The quantitative estimate of drug-likeness (QED) is 0.562. The van der Waals surface area contributed by atoms with E-state index in [0.717, 1.165) is 10.2 Å². The van der Waals surface area contributed by atoms with Gasteiger partial charge in [-0.3, -0.25) is 9.69 Å². The van der Waals surface area contributed by atoms with E-state index in [1.807, 2.05) is 31.2 Å². The van der Waals surface area contributed by atoms with E-state index in [-0.39, 0.29) is 17.3 Å². The first-order chi connectivity index (χ1) is 14.4. The van der Waals surface area contributed by atoms with E-state index >= 15 is 0 Å². The Morgan fingerprint density at radius 3 is 2.67 bits per heavy atom. The first-order valence-electron chi connectivity index (χ1n) is 9.83. The van der Waals surface area contributed by atoms with Gasteiger partial charge in [0.2, 0.25) is 15.9 Å². The third kappa shape index (κ3) is 4.09. The monoisotopic (exact) mass is 463 g/mol. The van der Waals surface area contributed by atoms with E-state index in [2.05, 4.69) is 4.98 Å². The highest BCUT2D eigenvalue weighted by Crippen LogP contribution is 2.31. The van der Waals surface area contributed by atoms with E-state index in [1.165, 1.54) is 27.8 Å². The predicted molar refractivity (Wildman–Crippen MR) is 121 cm³/mol. The Morgan fingerprint density at radius 1 is 1.23 bits per heavy atom. The molecular formula is C21H22ClN3O3S2. The number of amides is 1. The summed E-state index contributed by atoms with van der Waals surface area (Å²) in [5.74, 6) is -0.472. The fraction of sp³-hybridized carbons (Fsp3) is 0.333. The first kappa shape index (κ1) is 21.2. The second-order valence-electron chi connectivity index (χ2n) is 7.20. The van der Waals surface area contributed by atoms with Crippen LogP contribution in [0, 0.1) is 5.92 Å². The van der Waals surface area contributed by atoms with Gasteiger partial charge in [-0.15, -0.1) is 0 Å². The molecule has 158 valence electrons. The van der Waals surface area contributed by atoms with Crippen LogP contribution in [-0.2, 0) is 14.8 Å². The number of aromatic nitrogens is 1. The lowest BCUT2D eigenvalue weighted by Gasteiger charge is -2.33. The van der Waals surface area contributed by atoms with E-state index in [4.69, 9.17) is 11.6 Å². The Kier molecular flexibility index (Phi) is 6.11. The summed E-state index contributed by atoms with van der Waals surface area (Å²) >= 11 is 7.36. The molecule has 4 rings (SSSR count). The lowest BCUT2D eigenvalue weighted by atomic mass is 9.98. The number of para-hydroxylation sites is 1. The summed E-state index contributed by atoms with van der Waals surface area (Å²) in [6.07, 6.45) is 1.30. The molecular weight excluding hydrogens is 442 g/mol. The molecule has 1 unspecified atom stereocenters. The molecule has 30 heavy (non-hydrogen) atoms. The molecule has 0 spiro atoms. The topological polar surface area (TPSA) is 70.6 Å². The molecule has 1 saturated heterocycles. The van der Waals surface area contributed by atoms with Gasteiger partial charge in [-0.1, -0.05) is 35.1 Å². The third-order valence-corrected chi connectivity index (χ3v) is 8.47. The Balaban J connectivity index is 1.55. The lowest BCUT2D eigenvalue weighted by Crippen LogP contribution is -2.46. The Morgan fingerprint density at radius 2 is 1.97 bits per heavy atom. The zero-order valence-electron chi connectivity index (χ0n) is 16.5. The highest BCUT2D eigenvalue weighted by Gasteiger charge is 2.35. The largest absolute Gasteiger partial charge is 0.288 e. The van der Waals surface area contributed by atoms with Crippen LogP contribution in [0.5, 0.6) is 0 Å². The summed E-state index contributed by atoms with van der Waals surface area (Å²) < 4.78 is 28.5. The number of anilines is 1. The smallest absolute Gasteiger partial charge is 0.243 e. The molecule has 1 fully saturated rings. The Bertz CT molecular complexity index is 1130. The average Bonchev–Trinajstić information content (AvgIpc) is 3.18. The van der Waals surface area contributed by atoms with Gasteiger partial charge in [0, 0.05) is 24.7 Å². The van der Waals surface area contributed by atoms with Crippen LogP contribution >= 0.6 is 22.9 Å². The van der Waals surface area contributed by atoms with Gasteiger partial charge >= 0.3 is 0 Å². The molecule has 1 aromatic heterocycles. The van der Waals surface area contributed by atoms with Crippen LogP contribution in [0.2, 0.25) is 5.02 Å². The van der Waals surface area contributed by atoms with E-state index in [9.17, 15) is 13.2 Å². The summed E-state index contributed by atoms with van der Waals surface area (Å²) in [4.78, 5) is 19.8. The van der Waals surface area contributed by atoms with Crippen LogP contribution in [0.15, 0.2) is 53.4 Å². The summed E-state index contributed by atoms with van der Waals surface area (Å²) in [5.41, 5.74) is 0.860. The second kappa shape index (κ2) is 8.63. The molecule has 1 amide bonds. The van der Waals surface area contributed by atoms with Crippen LogP contribution in [-0.4, -0.2) is 43.2 Å². The number of halogens is 1. The molecule has 3 aromatic rings. The van der Waals surface area contributed by atoms with Gasteiger partial charge in [0.05, 0.1) is 21.0 Å². The van der Waals surface area contributed by atoms with E-state index in [0.29, 0.717) is 36.1 Å². The molecule has 2 aromatic carbocycles. The highest BCUT2D eigenvalue weighted by molar-refractivity contribution is 7.89. The normalized spacial score (nSPS) is 17.9. The minimum atomic E-state index is -3.67. The fourth-order valence-electron chi connectivity index (χ4n) is 3.70. The number of rotatable bonds is 5. The number of hydrogen-bond donors (Lipinski definition) is 0. The summed E-state index contributed by atoms with van der Waals surface area (Å²) in [7, 11) is -3.67. The van der Waals surface area contributed by atoms with Crippen LogP contribution in [0.1, 0.15) is 19.8 Å². The molecule has 2 heterocycles. The molecule has 0 radical (unpaired) electrons. The lowest BCUT2D eigenvalue weighted by molar-refractivity contribution is -0.123. The number of nitrogens with zero attached hydrogens (tertiary/aromatic N) is 3. The summed E-state index contributed by atoms with van der Waals surface area (Å²) in [6, 6.07) is 13.9. The van der Waals surface area contributed by atoms with Crippen LogP contribution in [0.3, 0.4) is 0 Å². The third-order valence-electron chi connectivity index (χ3n) is 5.28. The van der Waals surface area contributed by atoms with Crippen molar-refractivity contribution in [2.75, 3.05) is 24.5 Å². The van der Waals surface area contributed by atoms with Crippen molar-refractivity contribution in [1.29, 1.82) is 0 Å². The fourth-order valence-corrected chi connectivity index (χ4v) is 6.38. The maximum absolute atomic E-state index is 13.3. The number of carbonyl (C=O) groups is 1. The number of piperidine rings is 1. The van der Waals surface area contributed by atoms with Crippen molar-refractivity contribution < 1.29 is 13.2 Å². The van der Waals surface area contributed by atoms with Gasteiger partial charge in [0.1, 0.15) is 0 Å². The maximum Gasteiger partial charge on any atom is 0.243 e. The molecule has 6 nitrogen and oxygen atoms in total. The standard InChI is InChI=1S/C21H22ClN3O3S2/c1-2-25(21-23-18-7-3-4-8-19(18)29-21)20(26)15-6-5-13-24(14-15)30(27,28)17-11-9-16(22)10-12-17/h3-4,7-12,15H,2,5-6,13-14H2,1H3. The highest BCUT2D eigenvalue weighted by atomic mass is 35.5. The predicted octanol–water partition coefficient (Wildman–Crippen LogP) is 4.40. The maximum atomic E-state index is 13.3. The van der Waals surface area contributed by atoms with Gasteiger partial charge in [-0.25, -0.2) is 13.4 Å². The van der Waals surface area contributed by atoms with Crippen molar-refractivity contribution in [2.24, 2.45) is 5.92 Å². The first-order valence-corrected chi connectivity index (χ1v) is 12.5. The van der Waals surface area contributed by atoms with Crippen molar-refractivity contribution in [3.63, 3.8) is 0 Å². The van der Waals surface area contributed by atoms with Crippen LogP contribution in [0.4, 0.5) is 5.13 Å². The number of sulfonamides is 1. The SMILES string of the molecule is CCN(C(=O)C1CCCN(S(=O)(=O)c2ccc(Cl)cc2)C1)c1nc2ccccc2s1. The molecule has 1 atom stereocenters. The van der Waals surface area contributed by atoms with Gasteiger partial charge < -0.3 is 0 Å². The van der Waals surface area contributed by atoms with Crippen molar-refractivity contribution in [3.8, 4) is 0 Å². The summed E-state index contributed by atoms with van der Waals surface area (Å²) in [6.45, 7) is 2.97. The van der Waals surface area contributed by atoms with Crippen molar-refractivity contribution >= 4 is 54.2 Å². The van der Waals surface area contributed by atoms with Gasteiger partial charge in [-0.05, 0) is 56.2 Å². The van der Waals surface area contributed by atoms with Crippen molar-refractivity contribution in [3.05, 3.63) is 53.6 Å². The molecule has 0 aliphatic carbocycles. The zero-order chi connectivity index (χ0) is 21.3. The van der Waals surface area contributed by atoms with Gasteiger partial charge in [0.15, 0.2) is 5.13 Å². The number of benzene rings is 2. The Hall–Kier alpha value is -2.00.